The fraction of sp³-hybridized carbons (Fsp3) is 0.400. The number of carbonyl (C=O) groups excluding carboxylic acids is 1. The lowest BCUT2D eigenvalue weighted by Gasteiger charge is -2.11. The Kier molecular flexibility index (Phi) is 6.23. The van der Waals surface area contributed by atoms with Crippen LogP contribution in [0.25, 0.3) is 10.9 Å². The van der Waals surface area contributed by atoms with Gasteiger partial charge in [0.15, 0.2) is 6.61 Å². The molecule has 3 rings (SSSR count). The minimum Gasteiger partial charge on any atom is -0.468 e. The molecule has 0 aliphatic rings. The van der Waals surface area contributed by atoms with Crippen LogP contribution in [0.5, 0.6) is 5.88 Å². The van der Waals surface area contributed by atoms with E-state index in [9.17, 15) is 18.0 Å². The Bertz CT molecular complexity index is 1060. The first-order valence-corrected chi connectivity index (χ1v) is 9.40. The Labute approximate surface area is 171 Å². The van der Waals surface area contributed by atoms with Gasteiger partial charge in [-0.1, -0.05) is 0 Å². The maximum atomic E-state index is 12.3. The molecule has 1 amide bonds. The highest BCUT2D eigenvalue weighted by Gasteiger charge is 2.29. The summed E-state index contributed by atoms with van der Waals surface area (Å²) in [7, 11) is 0. The number of nitrogens with zero attached hydrogens (tertiary/aromatic N) is 4. The molecule has 30 heavy (non-hydrogen) atoms. The van der Waals surface area contributed by atoms with Crippen LogP contribution < -0.4 is 10.1 Å². The second-order valence-corrected chi connectivity index (χ2v) is 6.97. The van der Waals surface area contributed by atoms with Crippen molar-refractivity contribution in [2.75, 3.05) is 13.2 Å². The molecule has 3 aromatic rings. The van der Waals surface area contributed by atoms with Crippen molar-refractivity contribution in [2.24, 2.45) is 0 Å². The van der Waals surface area contributed by atoms with E-state index in [-0.39, 0.29) is 18.2 Å². The van der Waals surface area contributed by atoms with E-state index in [1.54, 1.807) is 23.9 Å². The zero-order valence-corrected chi connectivity index (χ0v) is 16.9. The van der Waals surface area contributed by atoms with Crippen molar-refractivity contribution in [3.63, 3.8) is 0 Å². The molecular weight excluding hydrogens is 399 g/mol. The number of ether oxygens (including phenoxy) is 1. The van der Waals surface area contributed by atoms with Crippen molar-refractivity contribution >= 4 is 16.8 Å². The number of hydrogen-bond acceptors (Lipinski definition) is 5. The molecule has 0 atom stereocenters. The number of fused-ring (bicyclic) bond motifs is 1. The molecule has 0 aliphatic carbocycles. The number of aromatic nitrogens is 4. The molecule has 160 valence electrons. The summed E-state index contributed by atoms with van der Waals surface area (Å²) < 4.78 is 43.4. The van der Waals surface area contributed by atoms with Gasteiger partial charge in [-0.05, 0) is 38.5 Å². The lowest BCUT2D eigenvalue weighted by molar-refractivity contribution is -0.154. The maximum Gasteiger partial charge on any atom is 0.422 e. The molecule has 0 fully saturated rings. The quantitative estimate of drug-likeness (QED) is 0.634. The number of nitrogens with one attached hydrogen (secondary N) is 1. The summed E-state index contributed by atoms with van der Waals surface area (Å²) in [6, 6.07) is 3.55. The van der Waals surface area contributed by atoms with Gasteiger partial charge >= 0.3 is 6.18 Å². The van der Waals surface area contributed by atoms with Gasteiger partial charge in [0.2, 0.25) is 11.8 Å². The van der Waals surface area contributed by atoms with Gasteiger partial charge in [-0.2, -0.15) is 18.3 Å². The number of carbonyl (C=O) groups is 1. The molecule has 0 saturated carbocycles. The van der Waals surface area contributed by atoms with Gasteiger partial charge in [0, 0.05) is 35.6 Å². The van der Waals surface area contributed by atoms with Crippen molar-refractivity contribution in [1.82, 2.24) is 25.1 Å². The normalized spacial score (nSPS) is 11.7. The second-order valence-electron chi connectivity index (χ2n) is 6.97. The summed E-state index contributed by atoms with van der Waals surface area (Å²) in [6.45, 7) is 4.85. The van der Waals surface area contributed by atoms with Gasteiger partial charge in [-0.15, -0.1) is 0 Å². The minimum absolute atomic E-state index is 0.0502. The summed E-state index contributed by atoms with van der Waals surface area (Å²) >= 11 is 0. The summed E-state index contributed by atoms with van der Waals surface area (Å²) in [6.07, 6.45) is -0.993. The molecule has 0 saturated heterocycles. The average molecular weight is 421 g/mol. The second kappa shape index (κ2) is 8.68. The van der Waals surface area contributed by atoms with Gasteiger partial charge in [-0.25, -0.2) is 4.98 Å². The molecule has 0 aliphatic heterocycles. The van der Waals surface area contributed by atoms with E-state index in [1.807, 2.05) is 19.9 Å². The Morgan fingerprint density at radius 2 is 2.03 bits per heavy atom. The molecule has 0 radical (unpaired) electrons. The zero-order valence-electron chi connectivity index (χ0n) is 16.9. The van der Waals surface area contributed by atoms with Gasteiger partial charge in [0.05, 0.1) is 24.2 Å². The molecule has 0 spiro atoms. The van der Waals surface area contributed by atoms with Crippen LogP contribution in [-0.4, -0.2) is 45.0 Å². The monoisotopic (exact) mass is 421 g/mol. The highest BCUT2D eigenvalue weighted by molar-refractivity contribution is 5.87. The van der Waals surface area contributed by atoms with E-state index >= 15 is 0 Å². The third-order valence-corrected chi connectivity index (χ3v) is 4.26. The number of rotatable bonds is 7. The summed E-state index contributed by atoms with van der Waals surface area (Å²) in [5.74, 6) is -0.162. The third kappa shape index (κ3) is 5.46. The van der Waals surface area contributed by atoms with Gasteiger partial charge in [0.1, 0.15) is 0 Å². The first-order chi connectivity index (χ1) is 14.1. The Morgan fingerprint density at radius 3 is 2.70 bits per heavy atom. The van der Waals surface area contributed by atoms with Crippen LogP contribution >= 0.6 is 0 Å². The molecule has 0 aromatic carbocycles. The molecule has 0 unspecified atom stereocenters. The van der Waals surface area contributed by atoms with Crippen molar-refractivity contribution in [3.05, 3.63) is 47.0 Å². The highest BCUT2D eigenvalue weighted by Crippen LogP contribution is 2.22. The Hall–Kier alpha value is -3.17. The van der Waals surface area contributed by atoms with Crippen molar-refractivity contribution in [1.29, 1.82) is 0 Å². The van der Waals surface area contributed by atoms with Crippen LogP contribution in [-0.2, 0) is 17.8 Å². The smallest absolute Gasteiger partial charge is 0.422 e. The zero-order chi connectivity index (χ0) is 21.9. The first kappa shape index (κ1) is 21.5. The van der Waals surface area contributed by atoms with Crippen molar-refractivity contribution < 1.29 is 22.7 Å². The summed E-state index contributed by atoms with van der Waals surface area (Å²) in [5.41, 5.74) is 3.39. The predicted octanol–water partition coefficient (Wildman–Crippen LogP) is 3.11. The highest BCUT2D eigenvalue weighted by atomic mass is 19.4. The molecule has 1 N–H and O–H groups in total. The fourth-order valence-corrected chi connectivity index (χ4v) is 3.09. The number of likely N-dealkylation sites (N-methyl/N-ethyl adjacent to an activating group) is 1. The largest absolute Gasteiger partial charge is 0.468 e. The minimum atomic E-state index is -4.42. The van der Waals surface area contributed by atoms with Crippen LogP contribution in [0.4, 0.5) is 13.2 Å². The lowest BCUT2D eigenvalue weighted by Crippen LogP contribution is -2.25. The summed E-state index contributed by atoms with van der Waals surface area (Å²) in [5, 5.41) is 8.08. The molecule has 0 bridgehead atoms. The summed E-state index contributed by atoms with van der Waals surface area (Å²) in [4.78, 5) is 20.5. The van der Waals surface area contributed by atoms with E-state index in [0.717, 1.165) is 22.2 Å². The average Bonchev–Trinajstić information content (AvgIpc) is 3.02. The fourth-order valence-electron chi connectivity index (χ4n) is 3.09. The van der Waals surface area contributed by atoms with Gasteiger partial charge < -0.3 is 10.1 Å². The van der Waals surface area contributed by atoms with Crippen molar-refractivity contribution in [3.8, 4) is 5.88 Å². The molecule has 3 heterocycles. The number of pyridine rings is 2. The lowest BCUT2D eigenvalue weighted by atomic mass is 10.1. The number of aryl methyl sites for hydroxylation is 2. The number of alkyl halides is 3. The van der Waals surface area contributed by atoms with Gasteiger partial charge in [-0.3, -0.25) is 14.5 Å². The first-order valence-electron chi connectivity index (χ1n) is 9.40. The van der Waals surface area contributed by atoms with E-state index in [4.69, 9.17) is 4.74 Å². The molecule has 10 heteroatoms. The van der Waals surface area contributed by atoms with Crippen LogP contribution in [0.2, 0.25) is 0 Å². The van der Waals surface area contributed by atoms with Crippen LogP contribution in [0.1, 0.15) is 29.4 Å². The maximum absolute atomic E-state index is 12.3. The predicted molar refractivity (Wildman–Crippen MR) is 104 cm³/mol. The molecule has 7 nitrogen and oxygen atoms in total. The van der Waals surface area contributed by atoms with E-state index in [2.05, 4.69) is 20.4 Å². The van der Waals surface area contributed by atoms with Crippen LogP contribution in [0.15, 0.2) is 24.5 Å². The van der Waals surface area contributed by atoms with E-state index < -0.39 is 12.8 Å². The number of hydrogen-bond donors (Lipinski definition) is 1. The standard InChI is InChI=1S/C20H22F3N5O2/c1-4-24-18(29)7-16-15-10-28(27-17(15)6-13(3)26-16)9-14-5-12(2)19(25-8-14)30-11-20(21,22)23/h5-6,8,10H,4,7,9,11H2,1-3H3,(H,24,29). The topological polar surface area (TPSA) is 81.9 Å². The third-order valence-electron chi connectivity index (χ3n) is 4.26. The van der Waals surface area contributed by atoms with Crippen LogP contribution in [0, 0.1) is 13.8 Å². The van der Waals surface area contributed by atoms with E-state index in [0.29, 0.717) is 24.3 Å². The van der Waals surface area contributed by atoms with Gasteiger partial charge in [0.25, 0.3) is 0 Å². The Morgan fingerprint density at radius 1 is 1.27 bits per heavy atom. The Balaban J connectivity index is 1.81. The molecule has 3 aromatic heterocycles. The van der Waals surface area contributed by atoms with Crippen molar-refractivity contribution in [2.45, 2.75) is 39.9 Å². The molecular formula is C20H22F3N5O2. The number of halogens is 3. The SMILES string of the molecule is CCNC(=O)Cc1nc(C)cc2nn(Cc3cnc(OCC(F)(F)F)c(C)c3)cc12. The number of amides is 1. The van der Waals surface area contributed by atoms with Crippen LogP contribution in [0.3, 0.4) is 0 Å². The van der Waals surface area contributed by atoms with E-state index in [1.165, 1.54) is 6.20 Å².